The van der Waals surface area contributed by atoms with E-state index in [0.29, 0.717) is 16.2 Å². The van der Waals surface area contributed by atoms with Gasteiger partial charge in [0.15, 0.2) is 0 Å². The Labute approximate surface area is 140 Å². The minimum atomic E-state index is -0.430. The third-order valence-electron chi connectivity index (χ3n) is 3.23. The lowest BCUT2D eigenvalue weighted by Gasteiger charge is -2.01. The van der Waals surface area contributed by atoms with Gasteiger partial charge < -0.3 is 10.1 Å². The molecule has 120 valence electrons. The number of hydrogen-bond acceptors (Lipinski definition) is 4. The highest BCUT2D eigenvalue weighted by Crippen LogP contribution is 2.36. The first-order valence-corrected chi connectivity index (χ1v) is 7.96. The Kier molecular flexibility index (Phi) is 4.61. The zero-order valence-corrected chi connectivity index (χ0v) is 13.7. The molecular formula is C15H13ClFN3O2S. The van der Waals surface area contributed by atoms with Crippen LogP contribution in [0.15, 0.2) is 24.3 Å². The van der Waals surface area contributed by atoms with Gasteiger partial charge in [-0.05, 0) is 18.2 Å². The van der Waals surface area contributed by atoms with Gasteiger partial charge in [0.05, 0.1) is 29.6 Å². The highest BCUT2D eigenvalue weighted by Gasteiger charge is 2.19. The van der Waals surface area contributed by atoms with Crippen LogP contribution in [0.5, 0.6) is 0 Å². The number of nitrogens with zero attached hydrogens (tertiary/aromatic N) is 1. The minimum absolute atomic E-state index is 0.144. The van der Waals surface area contributed by atoms with Crippen molar-refractivity contribution in [2.75, 3.05) is 7.11 Å². The van der Waals surface area contributed by atoms with Crippen molar-refractivity contribution in [3.05, 3.63) is 51.4 Å². The molecule has 1 amide bonds. The van der Waals surface area contributed by atoms with Crippen molar-refractivity contribution in [3.63, 3.8) is 0 Å². The van der Waals surface area contributed by atoms with Gasteiger partial charge >= 0.3 is 0 Å². The van der Waals surface area contributed by atoms with Gasteiger partial charge in [0, 0.05) is 17.2 Å². The van der Waals surface area contributed by atoms with Gasteiger partial charge in [-0.25, -0.2) is 4.39 Å². The summed E-state index contributed by atoms with van der Waals surface area (Å²) in [5, 5.41) is 10.0. The van der Waals surface area contributed by atoms with Crippen LogP contribution >= 0.6 is 22.9 Å². The lowest BCUT2D eigenvalue weighted by Crippen LogP contribution is -2.22. The standard InChI is InChI=1S/C15H13ClFN3O2S/c1-22-7-9-5-8(19-20-9)6-18-15(21)14-13(16)12-10(17)3-2-4-11(12)23-14/h2-5H,6-7H2,1H3,(H,18,21)(H,19,20). The largest absolute Gasteiger partial charge is 0.378 e. The van der Waals surface area contributed by atoms with Crippen molar-refractivity contribution in [2.45, 2.75) is 13.2 Å². The van der Waals surface area contributed by atoms with E-state index in [9.17, 15) is 9.18 Å². The average molecular weight is 354 g/mol. The van der Waals surface area contributed by atoms with Crippen LogP contribution in [0, 0.1) is 5.82 Å². The number of nitrogens with one attached hydrogen (secondary N) is 2. The Hall–Kier alpha value is -1.96. The van der Waals surface area contributed by atoms with Crippen LogP contribution < -0.4 is 5.32 Å². The van der Waals surface area contributed by atoms with Gasteiger partial charge in [-0.2, -0.15) is 5.10 Å². The summed E-state index contributed by atoms with van der Waals surface area (Å²) >= 11 is 7.32. The van der Waals surface area contributed by atoms with E-state index in [0.717, 1.165) is 22.7 Å². The summed E-state index contributed by atoms with van der Waals surface area (Å²) < 4.78 is 19.4. The zero-order valence-electron chi connectivity index (χ0n) is 12.2. The number of hydrogen-bond donors (Lipinski definition) is 2. The van der Waals surface area contributed by atoms with Gasteiger partial charge in [-0.3, -0.25) is 9.89 Å². The number of rotatable bonds is 5. The van der Waals surface area contributed by atoms with Crippen LogP contribution in [-0.2, 0) is 17.9 Å². The number of aromatic nitrogens is 2. The summed E-state index contributed by atoms with van der Waals surface area (Å²) in [7, 11) is 1.58. The molecule has 23 heavy (non-hydrogen) atoms. The number of ether oxygens (including phenoxy) is 1. The number of benzene rings is 1. The fourth-order valence-corrected chi connectivity index (χ4v) is 3.67. The van der Waals surface area contributed by atoms with Crippen molar-refractivity contribution < 1.29 is 13.9 Å². The van der Waals surface area contributed by atoms with E-state index in [1.165, 1.54) is 6.07 Å². The number of amides is 1. The molecule has 8 heteroatoms. The first kappa shape index (κ1) is 15.9. The number of carbonyl (C=O) groups excluding carboxylic acids is 1. The lowest BCUT2D eigenvalue weighted by atomic mass is 10.2. The monoisotopic (exact) mass is 353 g/mol. The van der Waals surface area contributed by atoms with Gasteiger partial charge in [0.25, 0.3) is 5.91 Å². The van der Waals surface area contributed by atoms with Gasteiger partial charge in [0.1, 0.15) is 10.7 Å². The molecule has 0 unspecified atom stereocenters. The van der Waals surface area contributed by atoms with Crippen molar-refractivity contribution in [1.82, 2.24) is 15.5 Å². The summed E-state index contributed by atoms with van der Waals surface area (Å²) in [4.78, 5) is 12.6. The van der Waals surface area contributed by atoms with Crippen LogP contribution in [-0.4, -0.2) is 23.2 Å². The lowest BCUT2D eigenvalue weighted by molar-refractivity contribution is 0.0954. The molecule has 0 bridgehead atoms. The number of H-pyrrole nitrogens is 1. The molecule has 0 aliphatic heterocycles. The number of thiophene rings is 1. The summed E-state index contributed by atoms with van der Waals surface area (Å²) in [5.74, 6) is -0.779. The van der Waals surface area contributed by atoms with Crippen molar-refractivity contribution in [3.8, 4) is 0 Å². The van der Waals surface area contributed by atoms with Gasteiger partial charge in [0.2, 0.25) is 0 Å². The fraction of sp³-hybridized carbons (Fsp3) is 0.200. The minimum Gasteiger partial charge on any atom is -0.378 e. The Morgan fingerprint density at radius 3 is 3.09 bits per heavy atom. The zero-order chi connectivity index (χ0) is 16.4. The number of fused-ring (bicyclic) bond motifs is 1. The van der Waals surface area contributed by atoms with Crippen LogP contribution in [0.1, 0.15) is 21.1 Å². The predicted octanol–water partition coefficient (Wildman–Crippen LogP) is 3.49. The van der Waals surface area contributed by atoms with E-state index in [1.807, 2.05) is 0 Å². The third-order valence-corrected chi connectivity index (χ3v) is 4.87. The molecule has 1 aromatic carbocycles. The van der Waals surface area contributed by atoms with Crippen LogP contribution in [0.4, 0.5) is 4.39 Å². The Morgan fingerprint density at radius 1 is 1.52 bits per heavy atom. The maximum Gasteiger partial charge on any atom is 0.263 e. The van der Waals surface area contributed by atoms with Crippen molar-refractivity contribution >= 4 is 38.9 Å². The van der Waals surface area contributed by atoms with Crippen LogP contribution in [0.25, 0.3) is 10.1 Å². The normalized spacial score (nSPS) is 11.1. The number of halogens is 2. The smallest absolute Gasteiger partial charge is 0.263 e. The summed E-state index contributed by atoms with van der Waals surface area (Å²) in [6, 6.07) is 6.45. The summed E-state index contributed by atoms with van der Waals surface area (Å²) in [5.41, 5.74) is 1.49. The molecule has 3 rings (SSSR count). The SMILES string of the molecule is COCc1cc(CNC(=O)c2sc3cccc(F)c3c2Cl)[nH]n1. The Bertz CT molecular complexity index is 862. The second-order valence-electron chi connectivity index (χ2n) is 4.86. The quantitative estimate of drug-likeness (QED) is 0.737. The molecule has 0 spiro atoms. The van der Waals surface area contributed by atoms with E-state index < -0.39 is 5.82 Å². The Balaban J connectivity index is 1.75. The summed E-state index contributed by atoms with van der Waals surface area (Å²) in [6.07, 6.45) is 0. The molecule has 0 atom stereocenters. The number of aromatic amines is 1. The first-order chi connectivity index (χ1) is 11.1. The molecule has 3 aromatic rings. The average Bonchev–Trinajstić information content (AvgIpc) is 3.11. The molecule has 2 N–H and O–H groups in total. The van der Waals surface area contributed by atoms with Crippen LogP contribution in [0.3, 0.4) is 0 Å². The summed E-state index contributed by atoms with van der Waals surface area (Å²) in [6.45, 7) is 0.661. The number of carbonyl (C=O) groups is 1. The fourth-order valence-electron chi connectivity index (χ4n) is 2.19. The molecule has 0 fully saturated rings. The third kappa shape index (κ3) is 3.21. The van der Waals surface area contributed by atoms with E-state index >= 15 is 0 Å². The molecule has 0 saturated heterocycles. The van der Waals surface area contributed by atoms with Crippen LogP contribution in [0.2, 0.25) is 5.02 Å². The number of methoxy groups -OCH3 is 1. The first-order valence-electron chi connectivity index (χ1n) is 6.77. The molecule has 5 nitrogen and oxygen atoms in total. The molecule has 2 aromatic heterocycles. The van der Waals surface area contributed by atoms with E-state index in [-0.39, 0.29) is 22.9 Å². The second-order valence-corrected chi connectivity index (χ2v) is 6.29. The second kappa shape index (κ2) is 6.66. The Morgan fingerprint density at radius 2 is 2.35 bits per heavy atom. The molecular weight excluding hydrogens is 341 g/mol. The highest BCUT2D eigenvalue weighted by molar-refractivity contribution is 7.21. The van der Waals surface area contributed by atoms with E-state index in [4.69, 9.17) is 16.3 Å². The molecule has 0 aliphatic carbocycles. The maximum atomic E-state index is 13.8. The highest BCUT2D eigenvalue weighted by atomic mass is 35.5. The van der Waals surface area contributed by atoms with Gasteiger partial charge in [-0.15, -0.1) is 11.3 Å². The van der Waals surface area contributed by atoms with Crippen molar-refractivity contribution in [2.24, 2.45) is 0 Å². The van der Waals surface area contributed by atoms with E-state index in [2.05, 4.69) is 15.5 Å². The molecule has 0 saturated carbocycles. The molecule has 0 radical (unpaired) electrons. The molecule has 0 aliphatic rings. The van der Waals surface area contributed by atoms with E-state index in [1.54, 1.807) is 25.3 Å². The topological polar surface area (TPSA) is 67.0 Å². The predicted molar refractivity (Wildman–Crippen MR) is 87.3 cm³/mol. The molecule has 2 heterocycles. The van der Waals surface area contributed by atoms with Gasteiger partial charge in [-0.1, -0.05) is 17.7 Å². The maximum absolute atomic E-state index is 13.8. The van der Waals surface area contributed by atoms with Crippen molar-refractivity contribution in [1.29, 1.82) is 0 Å².